The smallest absolute Gasteiger partial charge is 0.274 e. The zero-order chi connectivity index (χ0) is 15.5. The second-order valence-corrected chi connectivity index (χ2v) is 5.00. The molecule has 6 nitrogen and oxygen atoms in total. The van der Waals surface area contributed by atoms with Crippen LogP contribution in [0, 0.1) is 11.7 Å². The van der Waals surface area contributed by atoms with Gasteiger partial charge in [0.15, 0.2) is 0 Å². The third kappa shape index (κ3) is 2.93. The minimum absolute atomic E-state index is 0.228. The molecule has 0 spiro atoms. The normalized spacial score (nSPS) is 14.3. The minimum atomic E-state index is -0.411. The maximum atomic E-state index is 13.1. The van der Waals surface area contributed by atoms with Gasteiger partial charge in [-0.2, -0.15) is 0 Å². The zero-order valence-electron chi connectivity index (χ0n) is 11.6. The van der Waals surface area contributed by atoms with Gasteiger partial charge in [-0.05, 0) is 18.2 Å². The Morgan fingerprint density at radius 3 is 2.77 bits per heavy atom. The number of hydrogen-bond donors (Lipinski definition) is 1. The van der Waals surface area contributed by atoms with Crippen molar-refractivity contribution in [2.75, 3.05) is 18.4 Å². The summed E-state index contributed by atoms with van der Waals surface area (Å²) in [5, 5.41) is 2.64. The molecule has 1 aromatic carbocycles. The Kier molecular flexibility index (Phi) is 3.78. The number of anilines is 1. The van der Waals surface area contributed by atoms with E-state index in [2.05, 4.69) is 15.3 Å². The van der Waals surface area contributed by atoms with Gasteiger partial charge in [0.25, 0.3) is 5.91 Å². The van der Waals surface area contributed by atoms with Gasteiger partial charge >= 0.3 is 0 Å². The highest BCUT2D eigenvalue weighted by atomic mass is 19.1. The van der Waals surface area contributed by atoms with E-state index in [9.17, 15) is 14.0 Å². The van der Waals surface area contributed by atoms with Crippen molar-refractivity contribution in [3.8, 4) is 0 Å². The van der Waals surface area contributed by atoms with E-state index < -0.39 is 5.82 Å². The number of amides is 2. The first-order valence-electron chi connectivity index (χ1n) is 6.75. The molecular weight excluding hydrogens is 287 g/mol. The van der Waals surface area contributed by atoms with Gasteiger partial charge in [0.1, 0.15) is 11.5 Å². The monoisotopic (exact) mass is 300 g/mol. The summed E-state index contributed by atoms with van der Waals surface area (Å²) in [4.78, 5) is 33.4. The Morgan fingerprint density at radius 1 is 1.27 bits per heavy atom. The van der Waals surface area contributed by atoms with Crippen molar-refractivity contribution >= 4 is 17.5 Å². The number of aromatic nitrogens is 2. The van der Waals surface area contributed by atoms with Crippen molar-refractivity contribution in [3.05, 3.63) is 54.4 Å². The van der Waals surface area contributed by atoms with Gasteiger partial charge in [0.05, 0.1) is 12.1 Å². The number of carbonyl (C=O) groups excluding carboxylic acids is 2. The van der Waals surface area contributed by atoms with Crippen LogP contribution in [0.25, 0.3) is 0 Å². The fourth-order valence-electron chi connectivity index (χ4n) is 2.19. The Hall–Kier alpha value is -2.83. The van der Waals surface area contributed by atoms with Crippen molar-refractivity contribution in [1.82, 2.24) is 14.9 Å². The Bertz CT molecular complexity index is 702. The Labute approximate surface area is 126 Å². The van der Waals surface area contributed by atoms with Crippen LogP contribution < -0.4 is 5.32 Å². The number of hydrogen-bond acceptors (Lipinski definition) is 4. The van der Waals surface area contributed by atoms with Crippen LogP contribution in [0.3, 0.4) is 0 Å². The second kappa shape index (κ2) is 5.88. The van der Waals surface area contributed by atoms with Gasteiger partial charge < -0.3 is 10.2 Å². The summed E-state index contributed by atoms with van der Waals surface area (Å²) in [6, 6.07) is 5.69. The van der Waals surface area contributed by atoms with Crippen molar-refractivity contribution in [2.45, 2.75) is 0 Å². The summed E-state index contributed by atoms with van der Waals surface area (Å²) >= 11 is 0. The highest BCUT2D eigenvalue weighted by Gasteiger charge is 2.36. The molecule has 0 bridgehead atoms. The number of halogens is 1. The standard InChI is InChI=1S/C15H13FN4O2/c16-11-2-1-3-12(6-11)19-14(21)10-8-20(9-10)15(22)13-7-17-4-5-18-13/h1-7,10H,8-9H2,(H,19,21). The SMILES string of the molecule is O=C(Nc1cccc(F)c1)C1CN(C(=O)c2cnccn2)C1. The van der Waals surface area contributed by atoms with Crippen molar-refractivity contribution in [3.63, 3.8) is 0 Å². The van der Waals surface area contributed by atoms with Crippen molar-refractivity contribution in [2.24, 2.45) is 5.92 Å². The lowest BCUT2D eigenvalue weighted by Crippen LogP contribution is -2.54. The van der Waals surface area contributed by atoms with Crippen LogP contribution >= 0.6 is 0 Å². The third-order valence-electron chi connectivity index (χ3n) is 3.41. The maximum Gasteiger partial charge on any atom is 0.274 e. The summed E-state index contributed by atoms with van der Waals surface area (Å²) in [5.41, 5.74) is 0.662. The number of nitrogens with one attached hydrogen (secondary N) is 1. The summed E-state index contributed by atoms with van der Waals surface area (Å²) in [6.07, 6.45) is 4.33. The molecule has 0 saturated carbocycles. The predicted octanol–water partition coefficient (Wildman–Crippen LogP) is 1.33. The molecule has 2 amide bonds. The van der Waals surface area contributed by atoms with E-state index in [-0.39, 0.29) is 23.4 Å². The molecule has 0 atom stereocenters. The first kappa shape index (κ1) is 14.1. The zero-order valence-corrected chi connectivity index (χ0v) is 11.6. The molecule has 1 saturated heterocycles. The average Bonchev–Trinajstić information content (AvgIpc) is 2.46. The molecule has 7 heteroatoms. The van der Waals surface area contributed by atoms with E-state index in [4.69, 9.17) is 0 Å². The molecule has 1 aliphatic heterocycles. The largest absolute Gasteiger partial charge is 0.336 e. The van der Waals surface area contributed by atoms with Crippen LogP contribution in [0.4, 0.5) is 10.1 Å². The molecule has 2 aromatic rings. The fraction of sp³-hybridized carbons (Fsp3) is 0.200. The summed E-state index contributed by atoms with van der Waals surface area (Å²) in [5.74, 6) is -1.19. The number of benzene rings is 1. The highest BCUT2D eigenvalue weighted by molar-refractivity contribution is 5.97. The summed E-state index contributed by atoms with van der Waals surface area (Å²) in [6.45, 7) is 0.632. The minimum Gasteiger partial charge on any atom is -0.336 e. The molecule has 1 fully saturated rings. The number of carbonyl (C=O) groups is 2. The molecule has 0 aliphatic carbocycles. The van der Waals surface area contributed by atoms with Crippen LogP contribution in [0.15, 0.2) is 42.9 Å². The van der Waals surface area contributed by atoms with Crippen LogP contribution in [-0.2, 0) is 4.79 Å². The van der Waals surface area contributed by atoms with E-state index in [0.29, 0.717) is 18.8 Å². The predicted molar refractivity (Wildman–Crippen MR) is 76.5 cm³/mol. The second-order valence-electron chi connectivity index (χ2n) is 5.00. The molecule has 1 aromatic heterocycles. The van der Waals surface area contributed by atoms with Crippen LogP contribution in [0.1, 0.15) is 10.5 Å². The molecule has 112 valence electrons. The van der Waals surface area contributed by atoms with Gasteiger partial charge in [-0.1, -0.05) is 6.07 Å². The van der Waals surface area contributed by atoms with Crippen LogP contribution in [0.2, 0.25) is 0 Å². The number of likely N-dealkylation sites (tertiary alicyclic amines) is 1. The van der Waals surface area contributed by atoms with Crippen LogP contribution in [-0.4, -0.2) is 39.8 Å². The fourth-order valence-corrected chi connectivity index (χ4v) is 2.19. The molecule has 2 heterocycles. The van der Waals surface area contributed by atoms with E-state index in [1.54, 1.807) is 6.07 Å². The van der Waals surface area contributed by atoms with Gasteiger partial charge in [-0.15, -0.1) is 0 Å². The molecular formula is C15H13FN4O2. The van der Waals surface area contributed by atoms with E-state index in [0.717, 1.165) is 0 Å². The summed E-state index contributed by atoms with van der Waals surface area (Å²) in [7, 11) is 0. The lowest BCUT2D eigenvalue weighted by Gasteiger charge is -2.37. The first-order valence-corrected chi connectivity index (χ1v) is 6.75. The van der Waals surface area contributed by atoms with E-state index in [1.807, 2.05) is 0 Å². The number of rotatable bonds is 3. The van der Waals surface area contributed by atoms with Gasteiger partial charge in [0, 0.05) is 31.2 Å². The molecule has 0 unspecified atom stereocenters. The quantitative estimate of drug-likeness (QED) is 0.928. The third-order valence-corrected chi connectivity index (χ3v) is 3.41. The maximum absolute atomic E-state index is 13.1. The van der Waals surface area contributed by atoms with E-state index >= 15 is 0 Å². The van der Waals surface area contributed by atoms with E-state index in [1.165, 1.54) is 41.7 Å². The summed E-state index contributed by atoms with van der Waals surface area (Å²) < 4.78 is 13.1. The van der Waals surface area contributed by atoms with Crippen LogP contribution in [0.5, 0.6) is 0 Å². The van der Waals surface area contributed by atoms with Gasteiger partial charge in [-0.25, -0.2) is 9.37 Å². The van der Waals surface area contributed by atoms with Crippen molar-refractivity contribution < 1.29 is 14.0 Å². The first-order chi connectivity index (χ1) is 10.6. The Morgan fingerprint density at radius 2 is 2.09 bits per heavy atom. The lowest BCUT2D eigenvalue weighted by atomic mass is 9.98. The molecule has 3 rings (SSSR count). The Balaban J connectivity index is 1.55. The molecule has 22 heavy (non-hydrogen) atoms. The topological polar surface area (TPSA) is 75.2 Å². The van der Waals surface area contributed by atoms with Gasteiger partial charge in [0.2, 0.25) is 5.91 Å². The highest BCUT2D eigenvalue weighted by Crippen LogP contribution is 2.20. The number of nitrogens with zero attached hydrogens (tertiary/aromatic N) is 3. The van der Waals surface area contributed by atoms with Crippen molar-refractivity contribution in [1.29, 1.82) is 0 Å². The van der Waals surface area contributed by atoms with Gasteiger partial charge in [-0.3, -0.25) is 14.6 Å². The molecule has 0 radical (unpaired) electrons. The molecule has 1 aliphatic rings. The average molecular weight is 300 g/mol. The lowest BCUT2D eigenvalue weighted by molar-refractivity contribution is -0.123. The molecule has 1 N–H and O–H groups in total.